The Bertz CT molecular complexity index is 924. The van der Waals surface area contributed by atoms with Crippen molar-refractivity contribution >= 4 is 22.7 Å². The molecule has 6 heterocycles. The molecule has 0 spiro atoms. The molecule has 2 atom stereocenters. The molecule has 15 heteroatoms. The minimum Gasteiger partial charge on any atom is -0.377 e. The number of rotatable bonds is 4. The first-order chi connectivity index (χ1) is 19.2. The van der Waals surface area contributed by atoms with E-state index in [0.717, 1.165) is 78.0 Å². The Morgan fingerprint density at radius 1 is 0.359 bits per heavy atom. The predicted octanol–water partition coefficient (Wildman–Crippen LogP) is 5.32. The fourth-order valence-electron chi connectivity index (χ4n) is 6.25. The highest BCUT2D eigenvalue weighted by Gasteiger charge is 2.50. The zero-order chi connectivity index (χ0) is 26.4. The number of hydrogen-bond acceptors (Lipinski definition) is 12. The molecule has 224 valence electrons. The molecule has 4 fully saturated rings. The van der Waals surface area contributed by atoms with E-state index >= 15 is 0 Å². The zero-order valence-electron chi connectivity index (χ0n) is 23.5. The maximum absolute atomic E-state index is 6.99. The lowest BCUT2D eigenvalue weighted by Gasteiger charge is -2.45. The van der Waals surface area contributed by atoms with Crippen molar-refractivity contribution in [1.82, 2.24) is 18.7 Å². The van der Waals surface area contributed by atoms with E-state index in [4.69, 9.17) is 36.8 Å². The molecule has 6 aliphatic rings. The van der Waals surface area contributed by atoms with E-state index in [2.05, 4.69) is 18.7 Å². The van der Waals surface area contributed by atoms with Crippen LogP contribution in [0.5, 0.6) is 0 Å². The van der Waals surface area contributed by atoms with Crippen LogP contribution >= 0.6 is 22.7 Å². The van der Waals surface area contributed by atoms with Crippen LogP contribution in [-0.4, -0.2) is 124 Å². The van der Waals surface area contributed by atoms with E-state index in [0.29, 0.717) is 52.9 Å². The van der Waals surface area contributed by atoms with Gasteiger partial charge in [-0.25, -0.2) is 18.7 Å². The summed E-state index contributed by atoms with van der Waals surface area (Å²) in [7, 11) is -7.94. The van der Waals surface area contributed by atoms with E-state index in [9.17, 15) is 0 Å². The molecule has 0 amide bonds. The standard InChI is InChI=1S/C24H48N7O5P3/c1-2-10-28(9-1)37(29-11-3-4-12-29)25-38(30-13-5-6-14-30)27-39(26-37,31-15-7-8-16-31)36-24-22-34-20-18-32-17-19-33-21-23-35-38/h1-24H2. The lowest BCUT2D eigenvalue weighted by molar-refractivity contribution is 0.00481. The molecule has 0 aliphatic carbocycles. The highest BCUT2D eigenvalue weighted by atomic mass is 31.3. The van der Waals surface area contributed by atoms with Gasteiger partial charge in [0, 0.05) is 52.4 Å². The zero-order valence-corrected chi connectivity index (χ0v) is 26.2. The van der Waals surface area contributed by atoms with Crippen LogP contribution in [0.3, 0.4) is 0 Å². The summed E-state index contributed by atoms with van der Waals surface area (Å²) in [6.45, 7) is 12.2. The maximum atomic E-state index is 6.99. The van der Waals surface area contributed by atoms with Gasteiger partial charge in [0.05, 0.1) is 52.9 Å². The number of hydrogen-bond donors (Lipinski definition) is 0. The molecular formula is C24H48N7O5P3. The first kappa shape index (κ1) is 29.4. The lowest BCUT2D eigenvalue weighted by atomic mass is 10.4. The molecule has 6 rings (SSSR count). The fraction of sp³-hybridized carbons (Fsp3) is 1.00. The first-order valence-corrected chi connectivity index (χ1v) is 19.9. The Hall–Kier alpha value is 0.330. The van der Waals surface area contributed by atoms with Crippen molar-refractivity contribution in [2.24, 2.45) is 13.5 Å². The molecule has 0 radical (unpaired) electrons. The summed E-state index contributed by atoms with van der Waals surface area (Å²) in [6, 6.07) is 0. The van der Waals surface area contributed by atoms with Crippen molar-refractivity contribution < 1.29 is 23.3 Å². The molecule has 12 nitrogen and oxygen atoms in total. The molecule has 0 aromatic heterocycles. The van der Waals surface area contributed by atoms with E-state index in [-0.39, 0.29) is 0 Å². The highest BCUT2D eigenvalue weighted by molar-refractivity contribution is 7.81. The van der Waals surface area contributed by atoms with Gasteiger partial charge in [-0.05, 0) is 51.4 Å². The third-order valence-corrected chi connectivity index (χ3v) is 19.6. The second kappa shape index (κ2) is 13.7. The normalized spacial score (nSPS) is 36.9. The Kier molecular flexibility index (Phi) is 10.4. The topological polar surface area (TPSA) is 96.2 Å². The van der Waals surface area contributed by atoms with Gasteiger partial charge >= 0.3 is 0 Å². The summed E-state index contributed by atoms with van der Waals surface area (Å²) in [5.41, 5.74) is 0. The molecular weight excluding hydrogens is 559 g/mol. The van der Waals surface area contributed by atoms with Gasteiger partial charge in [-0.1, -0.05) is 0 Å². The first-order valence-electron chi connectivity index (χ1n) is 15.2. The van der Waals surface area contributed by atoms with Gasteiger partial charge in [-0.2, -0.15) is 13.5 Å². The van der Waals surface area contributed by atoms with E-state index < -0.39 is 22.7 Å². The molecule has 0 aromatic rings. The second-order valence-corrected chi connectivity index (χ2v) is 19.0. The molecule has 4 saturated heterocycles. The average Bonchev–Trinajstić information content (AvgIpc) is 3.79. The molecule has 0 N–H and O–H groups in total. The molecule has 39 heavy (non-hydrogen) atoms. The third kappa shape index (κ3) is 6.48. The Balaban J connectivity index is 1.52. The van der Waals surface area contributed by atoms with Gasteiger partial charge in [0.15, 0.2) is 0 Å². The van der Waals surface area contributed by atoms with Crippen molar-refractivity contribution in [2.45, 2.75) is 51.4 Å². The molecule has 0 saturated carbocycles. The number of ether oxygens (including phenoxy) is 3. The second-order valence-electron chi connectivity index (χ2n) is 11.0. The Morgan fingerprint density at radius 2 is 0.692 bits per heavy atom. The molecule has 2 bridgehead atoms. The van der Waals surface area contributed by atoms with Crippen LogP contribution in [0.1, 0.15) is 51.4 Å². The predicted molar refractivity (Wildman–Crippen MR) is 156 cm³/mol. The van der Waals surface area contributed by atoms with E-state index in [1.807, 2.05) is 0 Å². The highest BCUT2D eigenvalue weighted by Crippen LogP contribution is 2.83. The van der Waals surface area contributed by atoms with E-state index in [1.165, 1.54) is 25.7 Å². The molecule has 2 unspecified atom stereocenters. The van der Waals surface area contributed by atoms with Crippen LogP contribution in [0.2, 0.25) is 0 Å². The fourth-order valence-corrected chi connectivity index (χ4v) is 20.4. The quantitative estimate of drug-likeness (QED) is 0.394. The monoisotopic (exact) mass is 607 g/mol. The minimum atomic E-state index is -2.74. The molecule has 0 aromatic carbocycles. The van der Waals surface area contributed by atoms with Crippen LogP contribution in [0.25, 0.3) is 0 Å². The largest absolute Gasteiger partial charge is 0.377 e. The van der Waals surface area contributed by atoms with Crippen LogP contribution < -0.4 is 0 Å². The summed E-state index contributed by atoms with van der Waals surface area (Å²) in [5.74, 6) is 0. The van der Waals surface area contributed by atoms with Crippen LogP contribution in [-0.2, 0) is 23.3 Å². The SMILES string of the molecule is C1CCN(P23=NP(N4CCCC4)(=NP(N4CCCC4)(N4CCCC4)=N2)OCCOCCOCCOCCO3)C1. The minimum absolute atomic E-state index is 0.473. The van der Waals surface area contributed by atoms with Gasteiger partial charge in [-0.3, -0.25) is 0 Å². The van der Waals surface area contributed by atoms with E-state index in [1.54, 1.807) is 0 Å². The summed E-state index contributed by atoms with van der Waals surface area (Å²) in [4.78, 5) is 0. The smallest absolute Gasteiger partial charge is 0.283 e. The van der Waals surface area contributed by atoms with Crippen molar-refractivity contribution in [3.63, 3.8) is 0 Å². The van der Waals surface area contributed by atoms with Gasteiger partial charge < -0.3 is 23.3 Å². The lowest BCUT2D eigenvalue weighted by Crippen LogP contribution is -2.31. The van der Waals surface area contributed by atoms with Crippen LogP contribution in [0.4, 0.5) is 0 Å². The Labute approximate surface area is 234 Å². The van der Waals surface area contributed by atoms with Gasteiger partial charge in [0.1, 0.15) is 0 Å². The summed E-state index contributed by atoms with van der Waals surface area (Å²) < 4.78 is 59.2. The van der Waals surface area contributed by atoms with Crippen molar-refractivity contribution in [1.29, 1.82) is 0 Å². The maximum Gasteiger partial charge on any atom is 0.283 e. The molecule has 6 aliphatic heterocycles. The summed E-state index contributed by atoms with van der Waals surface area (Å²) in [6.07, 6.45) is 9.43. The van der Waals surface area contributed by atoms with Crippen molar-refractivity contribution in [3.05, 3.63) is 0 Å². The van der Waals surface area contributed by atoms with Crippen molar-refractivity contribution in [2.75, 3.05) is 105 Å². The van der Waals surface area contributed by atoms with Crippen LogP contribution in [0.15, 0.2) is 13.5 Å². The van der Waals surface area contributed by atoms with Crippen molar-refractivity contribution in [3.8, 4) is 0 Å². The summed E-state index contributed by atoms with van der Waals surface area (Å²) >= 11 is 0. The number of fused-ring (bicyclic) bond motifs is 1. The third-order valence-electron chi connectivity index (χ3n) is 8.26. The van der Waals surface area contributed by atoms with Crippen LogP contribution in [0, 0.1) is 0 Å². The van der Waals surface area contributed by atoms with Gasteiger partial charge in [-0.15, -0.1) is 0 Å². The summed E-state index contributed by atoms with van der Waals surface area (Å²) in [5, 5.41) is 0. The average molecular weight is 608 g/mol. The van der Waals surface area contributed by atoms with Gasteiger partial charge in [0.25, 0.3) is 15.2 Å². The Morgan fingerprint density at radius 3 is 1.10 bits per heavy atom. The van der Waals surface area contributed by atoms with Gasteiger partial charge in [0.2, 0.25) is 7.51 Å². The number of nitrogens with zero attached hydrogens (tertiary/aromatic N) is 7.